The van der Waals surface area contributed by atoms with Crippen LogP contribution in [0.25, 0.3) is 0 Å². The van der Waals surface area contributed by atoms with Crippen molar-refractivity contribution in [1.82, 2.24) is 20.4 Å². The van der Waals surface area contributed by atoms with Crippen LogP contribution < -0.4 is 10.6 Å². The summed E-state index contributed by atoms with van der Waals surface area (Å²) in [6, 6.07) is 0. The zero-order valence-electron chi connectivity index (χ0n) is 29.6. The Morgan fingerprint density at radius 1 is 0.878 bits per heavy atom. The van der Waals surface area contributed by atoms with Crippen molar-refractivity contribution in [3.05, 3.63) is 25.3 Å². The zero-order valence-corrected chi connectivity index (χ0v) is 31.2. The molecule has 0 spiro atoms. The molecule has 18 heteroatoms. The second kappa shape index (κ2) is 26.9. The van der Waals surface area contributed by atoms with E-state index in [9.17, 15) is 40.3 Å². The Morgan fingerprint density at radius 2 is 1.39 bits per heavy atom. The van der Waals surface area contributed by atoms with Gasteiger partial charge in [-0.1, -0.05) is 20.6 Å². The lowest BCUT2D eigenvalue weighted by Gasteiger charge is -2.32. The maximum Gasteiger partial charge on any atom is 0.333 e. The Kier molecular flexibility index (Phi) is 27.7. The van der Waals surface area contributed by atoms with Gasteiger partial charge in [0, 0.05) is 50.9 Å². The molecule has 0 unspecified atom stereocenters. The largest absolute Gasteiger partial charge is 0.748 e. The summed E-state index contributed by atoms with van der Waals surface area (Å²) < 4.78 is 70.4. The molecule has 3 amide bonds. The number of nitrogens with zero attached hydrogens (tertiary/aromatic N) is 4. The fourth-order valence-electron chi connectivity index (χ4n) is 4.09. The predicted octanol–water partition coefficient (Wildman–Crippen LogP) is -0.202. The summed E-state index contributed by atoms with van der Waals surface area (Å²) in [6.07, 6.45) is 4.80. The lowest BCUT2D eigenvalue weighted by molar-refractivity contribution is -0.889. The van der Waals surface area contributed by atoms with Crippen LogP contribution in [-0.4, -0.2) is 174 Å². The zero-order chi connectivity index (χ0) is 37.4. The minimum atomic E-state index is -4.25. The number of nitrogens with one attached hydrogen (secondary N) is 2. The normalized spacial score (nSPS) is 12.7. The topological polar surface area (TPSA) is 208 Å². The number of quaternary nitrogens is 1. The van der Waals surface area contributed by atoms with Gasteiger partial charge in [0.05, 0.1) is 60.9 Å². The van der Waals surface area contributed by atoms with Gasteiger partial charge in [-0.3, -0.25) is 14.4 Å². The summed E-state index contributed by atoms with van der Waals surface area (Å²) >= 11 is 0. The summed E-state index contributed by atoms with van der Waals surface area (Å²) in [6.45, 7) is 16.5. The molecule has 0 aromatic heterocycles. The Morgan fingerprint density at radius 3 is 1.82 bits per heavy atom. The van der Waals surface area contributed by atoms with Gasteiger partial charge < -0.3 is 38.8 Å². The molecule has 0 radical (unpaired) electrons. The van der Waals surface area contributed by atoms with Gasteiger partial charge in [-0.15, -0.1) is 0 Å². The van der Waals surface area contributed by atoms with E-state index >= 15 is 0 Å². The number of ether oxygens (including phenoxy) is 1. The molecule has 0 aromatic rings. The van der Waals surface area contributed by atoms with Crippen molar-refractivity contribution < 1.29 is 54.1 Å². The smallest absolute Gasteiger partial charge is 0.333 e. The van der Waals surface area contributed by atoms with Crippen molar-refractivity contribution in [2.45, 2.75) is 47.0 Å². The molecule has 1 aliphatic heterocycles. The number of amides is 3. The molecular weight excluding hydrogens is 681 g/mol. The standard InChI is InChI=1S/C15H29N3O5S.C8H16N2O.C7H13NO4S.CH4/c1-5-15(20)16-8-6-11-18(3,4)12-10-17(14(2)19)9-7-13-24(21,22)23;1-4-8(11)9-6-5-7-10(2)3;1-7-8(4-5-12-7)3-2-6-13(9,10)11;/h5H,1,6-13H2,2-4H3,(H-,16,20,21,22,23);4H,1,5-7H2,2-3H3,(H,9,11);2-6H2,1H3;1H4. The van der Waals surface area contributed by atoms with E-state index in [-0.39, 0.29) is 43.9 Å². The summed E-state index contributed by atoms with van der Waals surface area (Å²) in [5, 5.41) is 5.42. The summed E-state index contributed by atoms with van der Waals surface area (Å²) in [7, 11) is -0.241. The molecule has 2 N–H and O–H groups in total. The molecular formula is C31H62N6O10S2. The van der Waals surface area contributed by atoms with Crippen LogP contribution in [0.15, 0.2) is 25.3 Å². The number of carbonyl (C=O) groups is 3. The van der Waals surface area contributed by atoms with Gasteiger partial charge in [-0.2, -0.15) is 4.58 Å². The van der Waals surface area contributed by atoms with E-state index in [4.69, 9.17) is 4.74 Å². The van der Waals surface area contributed by atoms with Gasteiger partial charge in [0.25, 0.3) is 0 Å². The molecule has 1 aliphatic rings. The number of likely N-dealkylation sites (N-methyl/N-ethyl adjacent to an activating group) is 1. The van der Waals surface area contributed by atoms with Gasteiger partial charge in [0.15, 0.2) is 13.2 Å². The third-order valence-electron chi connectivity index (χ3n) is 6.87. The van der Waals surface area contributed by atoms with Crippen LogP contribution in [0.2, 0.25) is 0 Å². The second-order valence-corrected chi connectivity index (χ2v) is 15.0. The number of hydrogen-bond acceptors (Lipinski definition) is 11. The summed E-state index contributed by atoms with van der Waals surface area (Å²) in [5.74, 6) is -0.380. The van der Waals surface area contributed by atoms with E-state index in [0.29, 0.717) is 43.7 Å². The van der Waals surface area contributed by atoms with Crippen molar-refractivity contribution in [3.8, 4) is 0 Å². The first-order chi connectivity index (χ1) is 22.1. The monoisotopic (exact) mass is 742 g/mol. The second-order valence-electron chi connectivity index (χ2n) is 12.0. The van der Waals surface area contributed by atoms with Gasteiger partial charge in [-0.25, -0.2) is 16.8 Å². The summed E-state index contributed by atoms with van der Waals surface area (Å²) in [5.41, 5.74) is 0. The molecule has 0 fully saturated rings. The van der Waals surface area contributed by atoms with Crippen LogP contribution in [0, 0.1) is 0 Å². The predicted molar refractivity (Wildman–Crippen MR) is 190 cm³/mol. The van der Waals surface area contributed by atoms with Crippen molar-refractivity contribution in [2.75, 3.05) is 105 Å². The molecule has 49 heavy (non-hydrogen) atoms. The van der Waals surface area contributed by atoms with Gasteiger partial charge in [0.2, 0.25) is 17.7 Å². The minimum absolute atomic E-state index is 0. The molecule has 0 saturated heterocycles. The summed E-state index contributed by atoms with van der Waals surface area (Å²) in [4.78, 5) is 36.9. The van der Waals surface area contributed by atoms with Crippen LogP contribution in [0.3, 0.4) is 0 Å². The Hall–Kier alpha value is -2.90. The Bertz CT molecular complexity index is 1250. The van der Waals surface area contributed by atoms with E-state index in [1.807, 2.05) is 39.7 Å². The molecule has 0 aromatic carbocycles. The average Bonchev–Trinajstić information content (AvgIpc) is 3.38. The van der Waals surface area contributed by atoms with E-state index in [2.05, 4.69) is 28.7 Å². The first-order valence-corrected chi connectivity index (χ1v) is 18.9. The molecule has 0 bridgehead atoms. The SMILES string of the molecule is C.C=CC(=O)NCCCN(C)C.C=CC(=O)NCCC[N+](C)(C)CCN(CCCS(=O)(=O)[O-])C(C)=O.CC1=[N+](CCCS(=O)(=O)[O-])CCO1. The van der Waals surface area contributed by atoms with Crippen molar-refractivity contribution in [1.29, 1.82) is 0 Å². The first-order valence-electron chi connectivity index (χ1n) is 15.7. The molecule has 16 nitrogen and oxygen atoms in total. The first kappa shape index (κ1) is 50.5. The van der Waals surface area contributed by atoms with Gasteiger partial charge >= 0.3 is 5.90 Å². The Balaban J connectivity index is -0.000000710. The van der Waals surface area contributed by atoms with Crippen molar-refractivity contribution in [2.24, 2.45) is 0 Å². The maximum atomic E-state index is 11.6. The van der Waals surface area contributed by atoms with E-state index in [1.54, 1.807) is 4.90 Å². The quantitative estimate of drug-likeness (QED) is 0.0518. The minimum Gasteiger partial charge on any atom is -0.748 e. The molecule has 0 atom stereocenters. The fourth-order valence-corrected chi connectivity index (χ4v) is 5.05. The van der Waals surface area contributed by atoms with Crippen LogP contribution in [0.5, 0.6) is 0 Å². The number of rotatable bonds is 21. The molecule has 0 aliphatic carbocycles. The maximum absolute atomic E-state index is 11.6. The lowest BCUT2D eigenvalue weighted by atomic mass is 10.3. The third kappa shape index (κ3) is 33.4. The van der Waals surface area contributed by atoms with Crippen LogP contribution in [0.4, 0.5) is 0 Å². The Labute approximate surface area is 295 Å². The van der Waals surface area contributed by atoms with Crippen LogP contribution in [-0.2, 0) is 39.4 Å². The van der Waals surface area contributed by atoms with E-state index < -0.39 is 26.0 Å². The van der Waals surface area contributed by atoms with E-state index in [1.165, 1.54) is 19.1 Å². The highest BCUT2D eigenvalue weighted by atomic mass is 32.2. The molecule has 0 saturated carbocycles. The molecule has 1 heterocycles. The van der Waals surface area contributed by atoms with Gasteiger partial charge in [-0.05, 0) is 45.6 Å². The highest BCUT2D eigenvalue weighted by Crippen LogP contribution is 2.03. The van der Waals surface area contributed by atoms with E-state index in [0.717, 1.165) is 44.9 Å². The lowest BCUT2D eigenvalue weighted by Crippen LogP contribution is -2.47. The van der Waals surface area contributed by atoms with Crippen molar-refractivity contribution in [3.63, 3.8) is 0 Å². The molecule has 1 rings (SSSR count). The fraction of sp³-hybridized carbons (Fsp3) is 0.742. The number of carbonyl (C=O) groups excluding carboxylic acids is 3. The van der Waals surface area contributed by atoms with Crippen LogP contribution >= 0.6 is 0 Å². The highest BCUT2D eigenvalue weighted by Gasteiger charge is 2.19. The average molecular weight is 743 g/mol. The van der Waals surface area contributed by atoms with Crippen LogP contribution in [0.1, 0.15) is 47.0 Å². The third-order valence-corrected chi connectivity index (χ3v) is 8.45. The number of hydrogen-bond donors (Lipinski definition) is 2. The van der Waals surface area contributed by atoms with Crippen molar-refractivity contribution >= 4 is 43.9 Å². The highest BCUT2D eigenvalue weighted by molar-refractivity contribution is 7.85. The van der Waals surface area contributed by atoms with Gasteiger partial charge in [0.1, 0.15) is 6.54 Å². The molecule has 288 valence electrons.